The zero-order valence-electron chi connectivity index (χ0n) is 6.33. The molecule has 0 fully saturated rings. The lowest BCUT2D eigenvalue weighted by Crippen LogP contribution is -1.91. The van der Waals surface area contributed by atoms with Crippen molar-refractivity contribution in [3.8, 4) is 5.75 Å². The van der Waals surface area contributed by atoms with Gasteiger partial charge in [-0.1, -0.05) is 0 Å². The highest BCUT2D eigenvalue weighted by molar-refractivity contribution is 9.10. The first-order chi connectivity index (χ1) is 6.07. The Balaban J connectivity index is 3.31. The molecule has 0 heterocycles. The molecule has 1 N–H and O–H groups in total. The molecule has 0 aliphatic heterocycles. The van der Waals surface area contributed by atoms with Crippen LogP contribution < -0.4 is 0 Å². The molecular weight excluding hydrogens is 261 g/mol. The van der Waals surface area contributed by atoms with Crippen LogP contribution in [0.1, 0.15) is 5.56 Å². The van der Waals surface area contributed by atoms with E-state index in [1.54, 1.807) is 0 Å². The number of nitro benzene ring substituents is 1. The maximum absolute atomic E-state index is 10.4. The van der Waals surface area contributed by atoms with Crippen molar-refractivity contribution in [2.45, 2.75) is 5.88 Å². The summed E-state index contributed by atoms with van der Waals surface area (Å²) in [4.78, 5) is 9.71. The van der Waals surface area contributed by atoms with E-state index in [1.165, 1.54) is 12.1 Å². The lowest BCUT2D eigenvalue weighted by molar-refractivity contribution is -0.386. The van der Waals surface area contributed by atoms with E-state index in [0.717, 1.165) is 0 Å². The molecule has 0 aromatic heterocycles. The molecule has 13 heavy (non-hydrogen) atoms. The highest BCUT2D eigenvalue weighted by Gasteiger charge is 2.17. The van der Waals surface area contributed by atoms with Gasteiger partial charge in [-0.25, -0.2) is 0 Å². The number of hydrogen-bond acceptors (Lipinski definition) is 3. The van der Waals surface area contributed by atoms with Crippen molar-refractivity contribution in [3.05, 3.63) is 32.3 Å². The van der Waals surface area contributed by atoms with Crippen molar-refractivity contribution >= 4 is 33.2 Å². The second-order valence-corrected chi connectivity index (χ2v) is 3.36. The van der Waals surface area contributed by atoms with Crippen molar-refractivity contribution in [1.82, 2.24) is 0 Å². The summed E-state index contributed by atoms with van der Waals surface area (Å²) in [6.07, 6.45) is 0. The van der Waals surface area contributed by atoms with Gasteiger partial charge in [0, 0.05) is 11.9 Å². The minimum atomic E-state index is -0.655. The Hall–Kier alpha value is -0.810. The minimum absolute atomic E-state index is 0.187. The first-order valence-electron chi connectivity index (χ1n) is 3.28. The summed E-state index contributed by atoms with van der Waals surface area (Å²) < 4.78 is 0.275. The fraction of sp³-hybridized carbons (Fsp3) is 0.143. The zero-order valence-corrected chi connectivity index (χ0v) is 8.67. The highest BCUT2D eigenvalue weighted by atomic mass is 79.9. The van der Waals surface area contributed by atoms with Gasteiger partial charge in [-0.05, 0) is 27.6 Å². The fourth-order valence-corrected chi connectivity index (χ4v) is 1.71. The molecule has 1 rings (SSSR count). The average molecular weight is 266 g/mol. The third-order valence-corrected chi connectivity index (χ3v) is 2.69. The number of halogens is 2. The Kier molecular flexibility index (Phi) is 3.11. The maximum atomic E-state index is 10.4. The molecule has 0 aliphatic rings. The number of benzene rings is 1. The molecule has 4 nitrogen and oxygen atoms in total. The van der Waals surface area contributed by atoms with Gasteiger partial charge in [-0.15, -0.1) is 11.6 Å². The minimum Gasteiger partial charge on any atom is -0.501 e. The van der Waals surface area contributed by atoms with Crippen LogP contribution >= 0.6 is 27.5 Å². The van der Waals surface area contributed by atoms with E-state index in [4.69, 9.17) is 11.6 Å². The van der Waals surface area contributed by atoms with Gasteiger partial charge in [-0.3, -0.25) is 10.1 Å². The van der Waals surface area contributed by atoms with E-state index in [0.29, 0.717) is 5.56 Å². The number of aromatic hydroxyl groups is 1. The lowest BCUT2D eigenvalue weighted by atomic mass is 10.2. The molecule has 0 amide bonds. The van der Waals surface area contributed by atoms with Crippen molar-refractivity contribution in [1.29, 1.82) is 0 Å². The lowest BCUT2D eigenvalue weighted by Gasteiger charge is -2.02. The normalized spacial score (nSPS) is 10.0. The van der Waals surface area contributed by atoms with Crippen molar-refractivity contribution in [2.24, 2.45) is 0 Å². The molecule has 0 spiro atoms. The topological polar surface area (TPSA) is 63.4 Å². The number of rotatable bonds is 2. The quantitative estimate of drug-likeness (QED) is 0.508. The second-order valence-electron chi connectivity index (χ2n) is 2.30. The Morgan fingerprint density at radius 1 is 1.62 bits per heavy atom. The van der Waals surface area contributed by atoms with Crippen LogP contribution in [0.15, 0.2) is 16.6 Å². The van der Waals surface area contributed by atoms with Crippen molar-refractivity contribution in [2.75, 3.05) is 0 Å². The van der Waals surface area contributed by atoms with Crippen LogP contribution in [-0.2, 0) is 5.88 Å². The monoisotopic (exact) mass is 265 g/mol. The molecule has 0 aliphatic carbocycles. The largest absolute Gasteiger partial charge is 0.501 e. The van der Waals surface area contributed by atoms with Gasteiger partial charge in [0.2, 0.25) is 5.75 Å². The van der Waals surface area contributed by atoms with Gasteiger partial charge >= 0.3 is 5.69 Å². The number of nitrogens with zero attached hydrogens (tertiary/aromatic N) is 1. The Morgan fingerprint density at radius 2 is 2.23 bits per heavy atom. The first-order valence-corrected chi connectivity index (χ1v) is 4.61. The number of alkyl halides is 1. The van der Waals surface area contributed by atoms with Gasteiger partial charge < -0.3 is 5.11 Å². The Morgan fingerprint density at radius 3 is 2.69 bits per heavy atom. The Bertz CT molecular complexity index is 356. The summed E-state index contributed by atoms with van der Waals surface area (Å²) in [5, 5.41) is 19.7. The van der Waals surface area contributed by atoms with E-state index in [9.17, 15) is 15.2 Å². The van der Waals surface area contributed by atoms with Crippen molar-refractivity contribution < 1.29 is 10.0 Å². The standard InChI is InChI=1S/C7H5BrClNO3/c8-6-4(3-9)1-2-5(7(6)11)10(12)13/h1-2,11H,3H2. The summed E-state index contributed by atoms with van der Waals surface area (Å²) in [5.74, 6) is -0.199. The van der Waals surface area contributed by atoms with E-state index in [2.05, 4.69) is 15.9 Å². The maximum Gasteiger partial charge on any atom is 0.311 e. The summed E-state index contributed by atoms with van der Waals surface area (Å²) in [6.45, 7) is 0. The number of hydrogen-bond donors (Lipinski definition) is 1. The van der Waals surface area contributed by atoms with E-state index in [-0.39, 0.29) is 21.8 Å². The molecule has 1 aromatic rings. The smallest absolute Gasteiger partial charge is 0.311 e. The third-order valence-electron chi connectivity index (χ3n) is 1.52. The van der Waals surface area contributed by atoms with Crippen LogP contribution in [0.25, 0.3) is 0 Å². The van der Waals surface area contributed by atoms with Gasteiger partial charge in [0.1, 0.15) is 0 Å². The van der Waals surface area contributed by atoms with Crippen LogP contribution in [-0.4, -0.2) is 10.0 Å². The molecule has 1 aromatic carbocycles. The van der Waals surface area contributed by atoms with Gasteiger partial charge in [0.15, 0.2) is 0 Å². The summed E-state index contributed by atoms with van der Waals surface area (Å²) >= 11 is 8.55. The molecule has 0 atom stereocenters. The molecular formula is C7H5BrClNO3. The molecule has 0 bridgehead atoms. The van der Waals surface area contributed by atoms with Crippen LogP contribution in [0.3, 0.4) is 0 Å². The highest BCUT2D eigenvalue weighted by Crippen LogP contribution is 2.36. The Labute approximate surface area is 87.4 Å². The van der Waals surface area contributed by atoms with E-state index >= 15 is 0 Å². The molecule has 70 valence electrons. The summed E-state index contributed by atoms with van der Waals surface area (Å²) in [6, 6.07) is 2.72. The molecule has 0 saturated heterocycles. The van der Waals surface area contributed by atoms with Gasteiger partial charge in [0.05, 0.1) is 9.40 Å². The molecule has 0 radical (unpaired) electrons. The number of phenolic OH excluding ortho intramolecular Hbond substituents is 1. The SMILES string of the molecule is O=[N+]([O-])c1ccc(CCl)c(Br)c1O. The summed E-state index contributed by atoms with van der Waals surface area (Å²) in [5.41, 5.74) is 0.283. The third kappa shape index (κ3) is 1.92. The predicted molar refractivity (Wildman–Crippen MR) is 52.0 cm³/mol. The fourth-order valence-electron chi connectivity index (χ4n) is 0.847. The van der Waals surface area contributed by atoms with Crippen LogP contribution in [0.4, 0.5) is 5.69 Å². The van der Waals surface area contributed by atoms with Gasteiger partial charge in [-0.2, -0.15) is 0 Å². The first kappa shape index (κ1) is 10.3. The van der Waals surface area contributed by atoms with Crippen LogP contribution in [0.5, 0.6) is 5.75 Å². The number of nitro groups is 1. The average Bonchev–Trinajstić information content (AvgIpc) is 2.09. The predicted octanol–water partition coefficient (Wildman–Crippen LogP) is 2.80. The summed E-state index contributed by atoms with van der Waals surface area (Å²) in [7, 11) is 0. The van der Waals surface area contributed by atoms with E-state index in [1.807, 2.05) is 0 Å². The van der Waals surface area contributed by atoms with Crippen molar-refractivity contribution in [3.63, 3.8) is 0 Å². The number of phenols is 1. The molecule has 6 heteroatoms. The van der Waals surface area contributed by atoms with Gasteiger partial charge in [0.25, 0.3) is 0 Å². The zero-order chi connectivity index (χ0) is 10.0. The van der Waals surface area contributed by atoms with E-state index < -0.39 is 4.92 Å². The molecule has 0 saturated carbocycles. The van der Waals surface area contributed by atoms with Crippen LogP contribution in [0.2, 0.25) is 0 Å². The second kappa shape index (κ2) is 3.93. The van der Waals surface area contributed by atoms with Crippen LogP contribution in [0, 0.1) is 10.1 Å². The molecule has 0 unspecified atom stereocenters.